The molecule has 2 rings (SSSR count). The Kier molecular flexibility index (Phi) is 2.61. The summed E-state index contributed by atoms with van der Waals surface area (Å²) in [6.45, 7) is 0.993. The molecule has 1 unspecified atom stereocenters. The molecular formula is C7H12ClF2NO. The lowest BCUT2D eigenvalue weighted by atomic mass is 9.98. The molecule has 5 heteroatoms. The first-order valence-corrected chi connectivity index (χ1v) is 3.85. The Balaban J connectivity index is 0.000000720. The lowest BCUT2D eigenvalue weighted by Gasteiger charge is -2.19. The van der Waals surface area contributed by atoms with Gasteiger partial charge in [-0.1, -0.05) is 0 Å². The van der Waals surface area contributed by atoms with Crippen molar-refractivity contribution in [1.29, 1.82) is 0 Å². The molecule has 2 aliphatic rings. The van der Waals surface area contributed by atoms with Gasteiger partial charge in [-0.15, -0.1) is 12.4 Å². The van der Waals surface area contributed by atoms with Crippen molar-refractivity contribution in [2.75, 3.05) is 19.7 Å². The first-order valence-electron chi connectivity index (χ1n) is 3.85. The summed E-state index contributed by atoms with van der Waals surface area (Å²) in [6, 6.07) is 0. The zero-order valence-electron chi connectivity index (χ0n) is 6.61. The normalized spacial score (nSPS) is 38.5. The molecule has 12 heavy (non-hydrogen) atoms. The van der Waals surface area contributed by atoms with E-state index in [-0.39, 0.29) is 18.8 Å². The highest BCUT2D eigenvalue weighted by molar-refractivity contribution is 5.85. The number of ether oxygens (including phenoxy) is 1. The molecule has 2 heterocycles. The van der Waals surface area contributed by atoms with Crippen LogP contribution in [0.15, 0.2) is 0 Å². The Morgan fingerprint density at radius 1 is 1.33 bits per heavy atom. The SMILES string of the molecule is Cl.FC1(F)COC2(CCNC2)C1. The number of hydrogen-bond donors (Lipinski definition) is 1. The summed E-state index contributed by atoms with van der Waals surface area (Å²) in [5.74, 6) is -2.59. The standard InChI is InChI=1S/C7H11F2NO.ClH/c8-7(9)3-6(11-5-7)1-2-10-4-6;/h10H,1-5H2;1H. The molecule has 72 valence electrons. The van der Waals surface area contributed by atoms with Gasteiger partial charge >= 0.3 is 0 Å². The Hall–Kier alpha value is 0.0700. The molecule has 0 aromatic heterocycles. The average molecular weight is 200 g/mol. The van der Waals surface area contributed by atoms with Crippen molar-refractivity contribution in [3.05, 3.63) is 0 Å². The van der Waals surface area contributed by atoms with Crippen molar-refractivity contribution in [2.45, 2.75) is 24.4 Å². The molecule has 0 amide bonds. The van der Waals surface area contributed by atoms with Crippen molar-refractivity contribution < 1.29 is 13.5 Å². The van der Waals surface area contributed by atoms with Crippen LogP contribution in [-0.2, 0) is 4.74 Å². The predicted octanol–water partition coefficient (Wildman–Crippen LogP) is 1.20. The molecule has 0 aliphatic carbocycles. The van der Waals surface area contributed by atoms with Crippen molar-refractivity contribution in [1.82, 2.24) is 5.32 Å². The van der Waals surface area contributed by atoms with E-state index in [2.05, 4.69) is 5.32 Å². The van der Waals surface area contributed by atoms with Gasteiger partial charge < -0.3 is 10.1 Å². The first kappa shape index (κ1) is 10.2. The average Bonchev–Trinajstić information content (AvgIpc) is 2.43. The minimum Gasteiger partial charge on any atom is -0.367 e. The zero-order valence-corrected chi connectivity index (χ0v) is 7.42. The molecule has 0 saturated carbocycles. The summed E-state index contributed by atoms with van der Waals surface area (Å²) >= 11 is 0. The van der Waals surface area contributed by atoms with Gasteiger partial charge in [0.1, 0.15) is 6.61 Å². The van der Waals surface area contributed by atoms with Gasteiger partial charge in [0.25, 0.3) is 5.92 Å². The largest absolute Gasteiger partial charge is 0.367 e. The van der Waals surface area contributed by atoms with Gasteiger partial charge in [-0.05, 0) is 13.0 Å². The number of nitrogens with one attached hydrogen (secondary N) is 1. The van der Waals surface area contributed by atoms with Gasteiger partial charge in [0, 0.05) is 13.0 Å². The maximum absolute atomic E-state index is 12.7. The van der Waals surface area contributed by atoms with E-state index in [1.165, 1.54) is 0 Å². The van der Waals surface area contributed by atoms with Crippen LogP contribution in [0.1, 0.15) is 12.8 Å². The highest BCUT2D eigenvalue weighted by atomic mass is 35.5. The summed E-state index contributed by atoms with van der Waals surface area (Å²) < 4.78 is 30.5. The molecule has 0 radical (unpaired) electrons. The maximum Gasteiger partial charge on any atom is 0.273 e. The van der Waals surface area contributed by atoms with Crippen molar-refractivity contribution in [3.63, 3.8) is 0 Å². The molecule has 0 aromatic carbocycles. The fourth-order valence-corrected chi connectivity index (χ4v) is 1.83. The Morgan fingerprint density at radius 2 is 2.08 bits per heavy atom. The lowest BCUT2D eigenvalue weighted by molar-refractivity contribution is -0.0195. The van der Waals surface area contributed by atoms with Crippen LogP contribution in [0.3, 0.4) is 0 Å². The van der Waals surface area contributed by atoms with E-state index in [0.29, 0.717) is 6.54 Å². The summed E-state index contributed by atoms with van der Waals surface area (Å²) in [5, 5.41) is 3.03. The highest BCUT2D eigenvalue weighted by Crippen LogP contribution is 2.40. The van der Waals surface area contributed by atoms with E-state index < -0.39 is 18.1 Å². The molecule has 1 atom stereocenters. The third kappa shape index (κ3) is 1.70. The van der Waals surface area contributed by atoms with E-state index in [4.69, 9.17) is 4.74 Å². The van der Waals surface area contributed by atoms with E-state index in [0.717, 1.165) is 13.0 Å². The molecule has 1 spiro atoms. The van der Waals surface area contributed by atoms with E-state index >= 15 is 0 Å². The molecule has 2 saturated heterocycles. The van der Waals surface area contributed by atoms with Crippen LogP contribution in [0.2, 0.25) is 0 Å². The van der Waals surface area contributed by atoms with Crippen molar-refractivity contribution in [3.8, 4) is 0 Å². The molecule has 0 bridgehead atoms. The van der Waals surface area contributed by atoms with Gasteiger partial charge in [-0.2, -0.15) is 0 Å². The van der Waals surface area contributed by atoms with Crippen LogP contribution >= 0.6 is 12.4 Å². The third-order valence-corrected chi connectivity index (χ3v) is 2.37. The summed E-state index contributed by atoms with van der Waals surface area (Å²) in [6.07, 6.45) is 0.621. The minimum atomic E-state index is -2.59. The summed E-state index contributed by atoms with van der Waals surface area (Å²) in [4.78, 5) is 0. The highest BCUT2D eigenvalue weighted by Gasteiger charge is 2.51. The smallest absolute Gasteiger partial charge is 0.273 e. The fraction of sp³-hybridized carbons (Fsp3) is 1.00. The van der Waals surface area contributed by atoms with Crippen LogP contribution in [0.4, 0.5) is 8.78 Å². The van der Waals surface area contributed by atoms with E-state index in [1.54, 1.807) is 0 Å². The minimum absolute atomic E-state index is 0. The number of rotatable bonds is 0. The molecular weight excluding hydrogens is 188 g/mol. The van der Waals surface area contributed by atoms with Crippen molar-refractivity contribution in [2.24, 2.45) is 0 Å². The third-order valence-electron chi connectivity index (χ3n) is 2.37. The van der Waals surface area contributed by atoms with Crippen LogP contribution in [0.5, 0.6) is 0 Å². The van der Waals surface area contributed by atoms with Gasteiger partial charge in [-0.25, -0.2) is 8.78 Å². The van der Waals surface area contributed by atoms with Gasteiger partial charge in [0.05, 0.1) is 5.60 Å². The summed E-state index contributed by atoms with van der Waals surface area (Å²) in [5.41, 5.74) is -0.538. The second kappa shape index (κ2) is 3.09. The van der Waals surface area contributed by atoms with E-state index in [9.17, 15) is 8.78 Å². The molecule has 2 aliphatic heterocycles. The van der Waals surface area contributed by atoms with Gasteiger partial charge in [0.2, 0.25) is 0 Å². The quantitative estimate of drug-likeness (QED) is 0.633. The van der Waals surface area contributed by atoms with Crippen molar-refractivity contribution >= 4 is 12.4 Å². The molecule has 1 N–H and O–H groups in total. The number of hydrogen-bond acceptors (Lipinski definition) is 2. The number of alkyl halides is 2. The second-order valence-corrected chi connectivity index (χ2v) is 3.43. The molecule has 2 nitrogen and oxygen atoms in total. The van der Waals surface area contributed by atoms with Crippen LogP contribution in [0, 0.1) is 0 Å². The molecule has 2 fully saturated rings. The van der Waals surface area contributed by atoms with Crippen LogP contribution < -0.4 is 5.32 Å². The maximum atomic E-state index is 12.7. The second-order valence-electron chi connectivity index (χ2n) is 3.43. The monoisotopic (exact) mass is 199 g/mol. The Bertz CT molecular complexity index is 171. The fourth-order valence-electron chi connectivity index (χ4n) is 1.83. The number of halogens is 3. The first-order chi connectivity index (χ1) is 5.12. The predicted molar refractivity (Wildman–Crippen MR) is 43.0 cm³/mol. The zero-order chi connectivity index (χ0) is 7.95. The summed E-state index contributed by atoms with van der Waals surface area (Å²) in [7, 11) is 0. The Morgan fingerprint density at radius 3 is 2.50 bits per heavy atom. The Labute approximate surface area is 76.1 Å². The van der Waals surface area contributed by atoms with E-state index in [1.807, 2.05) is 0 Å². The lowest BCUT2D eigenvalue weighted by Crippen LogP contribution is -2.31. The molecule has 0 aromatic rings. The van der Waals surface area contributed by atoms with Crippen LogP contribution in [-0.4, -0.2) is 31.2 Å². The van der Waals surface area contributed by atoms with Crippen LogP contribution in [0.25, 0.3) is 0 Å². The topological polar surface area (TPSA) is 21.3 Å². The van der Waals surface area contributed by atoms with Gasteiger partial charge in [0.15, 0.2) is 0 Å². The van der Waals surface area contributed by atoms with Gasteiger partial charge in [-0.3, -0.25) is 0 Å².